The summed E-state index contributed by atoms with van der Waals surface area (Å²) >= 11 is 0. The first-order valence-corrected chi connectivity index (χ1v) is 6.84. The molecule has 0 amide bonds. The van der Waals surface area contributed by atoms with E-state index in [1.165, 1.54) is 29.7 Å². The lowest BCUT2D eigenvalue weighted by Crippen LogP contribution is -2.06. The highest BCUT2D eigenvalue weighted by atomic mass is 16.5. The molecule has 18 heavy (non-hydrogen) atoms. The molecule has 1 unspecified atom stereocenters. The third kappa shape index (κ3) is 3.04. The predicted molar refractivity (Wildman–Crippen MR) is 76.5 cm³/mol. The Morgan fingerprint density at radius 2 is 2.00 bits per heavy atom. The van der Waals surface area contributed by atoms with Gasteiger partial charge >= 0.3 is 0 Å². The Labute approximate surface area is 110 Å². The second-order valence-electron chi connectivity index (χ2n) is 4.84. The van der Waals surface area contributed by atoms with Gasteiger partial charge in [0.1, 0.15) is 0 Å². The third-order valence-electron chi connectivity index (χ3n) is 3.57. The van der Waals surface area contributed by atoms with Crippen molar-refractivity contribution in [2.45, 2.75) is 38.5 Å². The minimum Gasteiger partial charge on any atom is -0.501 e. The summed E-state index contributed by atoms with van der Waals surface area (Å²) < 4.78 is 5.58. The van der Waals surface area contributed by atoms with Gasteiger partial charge in [-0.2, -0.15) is 0 Å². The fraction of sp³-hybridized carbons (Fsp3) is 0.412. The molecule has 0 spiro atoms. The van der Waals surface area contributed by atoms with Crippen molar-refractivity contribution in [3.05, 3.63) is 59.4 Å². The highest BCUT2D eigenvalue weighted by Gasteiger charge is 2.17. The number of benzene rings is 1. The summed E-state index contributed by atoms with van der Waals surface area (Å²) in [7, 11) is 1.79. The number of unbranched alkanes of at least 4 members (excludes halogenated alkanes) is 1. The van der Waals surface area contributed by atoms with Crippen molar-refractivity contribution in [1.82, 2.24) is 0 Å². The van der Waals surface area contributed by atoms with E-state index < -0.39 is 0 Å². The number of hydrogen-bond acceptors (Lipinski definition) is 1. The van der Waals surface area contributed by atoms with Crippen LogP contribution < -0.4 is 0 Å². The molecule has 0 fully saturated rings. The molecule has 1 aromatic rings. The number of rotatable bonds is 5. The van der Waals surface area contributed by atoms with Gasteiger partial charge in [0.25, 0.3) is 0 Å². The van der Waals surface area contributed by atoms with Crippen molar-refractivity contribution in [1.29, 1.82) is 0 Å². The molecule has 2 rings (SSSR count). The maximum Gasteiger partial charge on any atom is 0.0996 e. The largest absolute Gasteiger partial charge is 0.501 e. The molecule has 0 saturated heterocycles. The molecule has 1 aliphatic rings. The van der Waals surface area contributed by atoms with Crippen molar-refractivity contribution >= 4 is 0 Å². The highest BCUT2D eigenvalue weighted by molar-refractivity contribution is 5.35. The predicted octanol–water partition coefficient (Wildman–Crippen LogP) is 4.82. The van der Waals surface area contributed by atoms with Gasteiger partial charge in [-0.25, -0.2) is 0 Å². The first-order chi connectivity index (χ1) is 8.85. The van der Waals surface area contributed by atoms with Crippen molar-refractivity contribution in [3.8, 4) is 0 Å². The molecule has 1 atom stereocenters. The highest BCUT2D eigenvalue weighted by Crippen LogP contribution is 2.33. The van der Waals surface area contributed by atoms with Gasteiger partial charge in [-0.1, -0.05) is 55.8 Å². The van der Waals surface area contributed by atoms with Crippen LogP contribution in [-0.4, -0.2) is 7.11 Å². The maximum absolute atomic E-state index is 5.58. The van der Waals surface area contributed by atoms with Crippen molar-refractivity contribution in [2.24, 2.45) is 0 Å². The van der Waals surface area contributed by atoms with Crippen LogP contribution in [0.2, 0.25) is 0 Å². The van der Waals surface area contributed by atoms with Gasteiger partial charge in [0.2, 0.25) is 0 Å². The molecule has 1 aromatic carbocycles. The Hall–Kier alpha value is -1.50. The van der Waals surface area contributed by atoms with E-state index in [1.807, 2.05) is 0 Å². The molecule has 1 nitrogen and oxygen atoms in total. The SMILES string of the molecule is CCCCC1=C(OC)CC(c2ccccc2)C=C1. The van der Waals surface area contributed by atoms with Gasteiger partial charge in [-0.15, -0.1) is 0 Å². The van der Waals surface area contributed by atoms with E-state index in [-0.39, 0.29) is 0 Å². The number of allylic oxidation sites excluding steroid dienone is 4. The Morgan fingerprint density at radius 1 is 1.22 bits per heavy atom. The summed E-state index contributed by atoms with van der Waals surface area (Å²) in [5.74, 6) is 1.63. The second-order valence-corrected chi connectivity index (χ2v) is 4.84. The molecule has 0 radical (unpaired) electrons. The van der Waals surface area contributed by atoms with Crippen LogP contribution in [0.25, 0.3) is 0 Å². The molecule has 96 valence electrons. The summed E-state index contributed by atoms with van der Waals surface area (Å²) in [4.78, 5) is 0. The maximum atomic E-state index is 5.58. The zero-order valence-electron chi connectivity index (χ0n) is 11.4. The Kier molecular flexibility index (Phi) is 4.63. The van der Waals surface area contributed by atoms with E-state index >= 15 is 0 Å². The lowest BCUT2D eigenvalue weighted by molar-refractivity contribution is 0.267. The number of hydrogen-bond donors (Lipinski definition) is 0. The standard InChI is InChI=1S/C17H22O/c1-3-4-8-15-11-12-16(13-17(15)18-2)14-9-6-5-7-10-14/h5-7,9-12,16H,3-4,8,13H2,1-2H3. The van der Waals surface area contributed by atoms with Crippen LogP contribution in [0.3, 0.4) is 0 Å². The van der Waals surface area contributed by atoms with Crippen LogP contribution in [-0.2, 0) is 4.74 Å². The summed E-state index contributed by atoms with van der Waals surface area (Å²) in [6, 6.07) is 10.7. The van der Waals surface area contributed by atoms with Crippen LogP contribution in [0.4, 0.5) is 0 Å². The van der Waals surface area contributed by atoms with E-state index in [0.29, 0.717) is 5.92 Å². The van der Waals surface area contributed by atoms with Crippen LogP contribution >= 0.6 is 0 Å². The molecule has 0 aromatic heterocycles. The van der Waals surface area contributed by atoms with Gasteiger partial charge in [0.15, 0.2) is 0 Å². The molecule has 0 N–H and O–H groups in total. The van der Waals surface area contributed by atoms with Crippen LogP contribution in [0.15, 0.2) is 53.8 Å². The van der Waals surface area contributed by atoms with Crippen molar-refractivity contribution < 1.29 is 4.74 Å². The van der Waals surface area contributed by atoms with Crippen LogP contribution in [0, 0.1) is 0 Å². The average Bonchev–Trinajstić information content (AvgIpc) is 2.46. The molecule has 0 saturated carbocycles. The van der Waals surface area contributed by atoms with Crippen LogP contribution in [0.5, 0.6) is 0 Å². The fourth-order valence-electron chi connectivity index (χ4n) is 2.46. The van der Waals surface area contributed by atoms with Gasteiger partial charge in [-0.05, 0) is 24.0 Å². The van der Waals surface area contributed by atoms with E-state index in [2.05, 4.69) is 49.4 Å². The molecular formula is C17H22O. The minimum atomic E-state index is 0.464. The van der Waals surface area contributed by atoms with Gasteiger partial charge < -0.3 is 4.74 Å². The third-order valence-corrected chi connectivity index (χ3v) is 3.57. The van der Waals surface area contributed by atoms with E-state index in [4.69, 9.17) is 4.74 Å². The van der Waals surface area contributed by atoms with Gasteiger partial charge in [0, 0.05) is 12.3 Å². The Bertz CT molecular complexity index is 428. The van der Waals surface area contributed by atoms with E-state index in [1.54, 1.807) is 7.11 Å². The Morgan fingerprint density at radius 3 is 2.67 bits per heavy atom. The topological polar surface area (TPSA) is 9.23 Å². The summed E-state index contributed by atoms with van der Waals surface area (Å²) in [6.45, 7) is 2.23. The molecule has 0 aliphatic heterocycles. The van der Waals surface area contributed by atoms with Crippen molar-refractivity contribution in [2.75, 3.05) is 7.11 Å². The summed E-state index contributed by atoms with van der Waals surface area (Å²) in [5.41, 5.74) is 2.75. The van der Waals surface area contributed by atoms with Gasteiger partial charge in [0.05, 0.1) is 12.9 Å². The summed E-state index contributed by atoms with van der Waals surface area (Å²) in [6.07, 6.45) is 9.19. The van der Waals surface area contributed by atoms with Crippen LogP contribution in [0.1, 0.15) is 44.1 Å². The van der Waals surface area contributed by atoms with E-state index in [0.717, 1.165) is 12.8 Å². The first-order valence-electron chi connectivity index (χ1n) is 6.84. The lowest BCUT2D eigenvalue weighted by atomic mass is 9.87. The molecule has 1 aliphatic carbocycles. The van der Waals surface area contributed by atoms with E-state index in [9.17, 15) is 0 Å². The smallest absolute Gasteiger partial charge is 0.0996 e. The first kappa shape index (κ1) is 12.9. The molecular weight excluding hydrogens is 220 g/mol. The number of ether oxygens (including phenoxy) is 1. The summed E-state index contributed by atoms with van der Waals surface area (Å²) in [5, 5.41) is 0. The second kappa shape index (κ2) is 6.44. The quantitative estimate of drug-likeness (QED) is 0.719. The zero-order chi connectivity index (χ0) is 12.8. The monoisotopic (exact) mass is 242 g/mol. The van der Waals surface area contributed by atoms with Gasteiger partial charge in [-0.3, -0.25) is 0 Å². The average molecular weight is 242 g/mol. The lowest BCUT2D eigenvalue weighted by Gasteiger charge is -2.22. The molecule has 0 heterocycles. The molecule has 1 heteroatoms. The minimum absolute atomic E-state index is 0.464. The zero-order valence-corrected chi connectivity index (χ0v) is 11.4. The number of methoxy groups -OCH3 is 1. The normalized spacial score (nSPS) is 19.1. The molecule has 0 bridgehead atoms. The van der Waals surface area contributed by atoms with Crippen molar-refractivity contribution in [3.63, 3.8) is 0 Å². The fourth-order valence-corrected chi connectivity index (χ4v) is 2.46. The Balaban J connectivity index is 2.11.